The molecule has 0 N–H and O–H groups in total. The van der Waals surface area contributed by atoms with E-state index in [1.807, 2.05) is 28.8 Å². The molecule has 0 unspecified atom stereocenters. The maximum atomic E-state index is 5.32. The number of benzene rings is 7. The Labute approximate surface area is 335 Å². The van der Waals surface area contributed by atoms with Crippen LogP contribution in [0.5, 0.6) is 0 Å². The van der Waals surface area contributed by atoms with Crippen LogP contribution in [0.25, 0.3) is 101 Å². The maximum Gasteiger partial charge on any atom is 0.182 e. The van der Waals surface area contributed by atoms with Gasteiger partial charge in [-0.25, -0.2) is 19.5 Å². The van der Waals surface area contributed by atoms with E-state index in [9.17, 15) is 0 Å². The number of fused-ring (bicyclic) bond motifs is 4. The number of pyridine rings is 1. The van der Waals surface area contributed by atoms with E-state index in [0.717, 1.165) is 89.2 Å². The van der Waals surface area contributed by atoms with E-state index in [4.69, 9.17) is 20.1 Å². The fourth-order valence-corrected chi connectivity index (χ4v) is 7.99. The lowest BCUT2D eigenvalue weighted by Crippen LogP contribution is -2.03. The molecule has 0 aliphatic heterocycles. The summed E-state index contributed by atoms with van der Waals surface area (Å²) in [6, 6.07) is 69.4. The lowest BCUT2D eigenvalue weighted by Gasteiger charge is -2.13. The van der Waals surface area contributed by atoms with Crippen molar-refractivity contribution < 1.29 is 0 Å². The van der Waals surface area contributed by atoms with Crippen molar-refractivity contribution in [2.24, 2.45) is 0 Å². The minimum absolute atomic E-state index is 0.672. The minimum Gasteiger partial charge on any atom is -0.277 e. The SMILES string of the molecule is c1ccc(-c2cc(-c3ccccc3)c3nc(-c4ccc(-c5cccc(-c6nc(-c7ccccc7)n7c(-c8ccccc8)c8ccccc8c7n6)c5)cc4)nn3c2)cc1. The van der Waals surface area contributed by atoms with Gasteiger partial charge < -0.3 is 0 Å². The number of hydrogen-bond donors (Lipinski definition) is 0. The van der Waals surface area contributed by atoms with Crippen molar-refractivity contribution in [1.82, 2.24) is 29.0 Å². The lowest BCUT2D eigenvalue weighted by molar-refractivity contribution is 0.968. The highest BCUT2D eigenvalue weighted by Crippen LogP contribution is 2.38. The first-order chi connectivity index (χ1) is 28.7. The second-order valence-corrected chi connectivity index (χ2v) is 14.4. The summed E-state index contributed by atoms with van der Waals surface area (Å²) in [5.41, 5.74) is 13.3. The molecule has 6 nitrogen and oxygen atoms in total. The summed E-state index contributed by atoms with van der Waals surface area (Å²) in [6.45, 7) is 0. The molecule has 7 aromatic carbocycles. The van der Waals surface area contributed by atoms with E-state index in [-0.39, 0.29) is 0 Å². The van der Waals surface area contributed by atoms with Crippen LogP contribution in [0.1, 0.15) is 0 Å². The van der Waals surface area contributed by atoms with Crippen LogP contribution in [0.2, 0.25) is 0 Å². The molecule has 58 heavy (non-hydrogen) atoms. The molecule has 272 valence electrons. The number of nitrogens with zero attached hydrogens (tertiary/aromatic N) is 6. The van der Waals surface area contributed by atoms with E-state index in [2.05, 4.69) is 187 Å². The quantitative estimate of drug-likeness (QED) is 0.163. The molecule has 0 saturated carbocycles. The van der Waals surface area contributed by atoms with Crippen molar-refractivity contribution in [1.29, 1.82) is 0 Å². The summed E-state index contributed by atoms with van der Waals surface area (Å²) >= 11 is 0. The van der Waals surface area contributed by atoms with Crippen LogP contribution in [0.3, 0.4) is 0 Å². The standard InChI is InChI=1S/C52H34N6/c1-5-16-35(17-6-1)43-33-46(37-18-7-2-8-19-37)51-55-49(56-57(51)34-43)39-30-28-36(29-31-39)41-24-15-25-42(32-41)48-53-50(40-22-11-4-12-23-40)58-47(38-20-9-3-10-21-38)44-26-13-14-27-45(44)52(58)54-48/h1-34H. The molecule has 0 aliphatic carbocycles. The van der Waals surface area contributed by atoms with Gasteiger partial charge in [-0.2, -0.15) is 0 Å². The van der Waals surface area contributed by atoms with E-state index in [0.29, 0.717) is 11.6 Å². The zero-order valence-electron chi connectivity index (χ0n) is 31.3. The molecule has 0 saturated heterocycles. The molecular formula is C52H34N6. The van der Waals surface area contributed by atoms with Crippen LogP contribution >= 0.6 is 0 Å². The Morgan fingerprint density at radius 2 is 0.862 bits per heavy atom. The predicted molar refractivity (Wildman–Crippen MR) is 235 cm³/mol. The summed E-state index contributed by atoms with van der Waals surface area (Å²) < 4.78 is 4.13. The molecule has 0 spiro atoms. The first-order valence-corrected chi connectivity index (χ1v) is 19.4. The molecule has 11 rings (SSSR count). The third kappa shape index (κ3) is 5.83. The van der Waals surface area contributed by atoms with Gasteiger partial charge in [0.1, 0.15) is 11.5 Å². The predicted octanol–water partition coefficient (Wildman–Crippen LogP) is 12.6. The van der Waals surface area contributed by atoms with E-state index < -0.39 is 0 Å². The van der Waals surface area contributed by atoms with Gasteiger partial charge in [-0.3, -0.25) is 4.40 Å². The molecule has 0 atom stereocenters. The topological polar surface area (TPSA) is 60.4 Å². The molecule has 6 heteroatoms. The summed E-state index contributed by atoms with van der Waals surface area (Å²) in [7, 11) is 0. The van der Waals surface area contributed by atoms with E-state index in [1.165, 1.54) is 0 Å². The Hall–Kier alpha value is -7.96. The fourth-order valence-electron chi connectivity index (χ4n) is 7.99. The average Bonchev–Trinajstić information content (AvgIpc) is 3.89. The largest absolute Gasteiger partial charge is 0.277 e. The minimum atomic E-state index is 0.672. The zero-order valence-corrected chi connectivity index (χ0v) is 31.3. The van der Waals surface area contributed by atoms with Crippen molar-refractivity contribution in [3.63, 3.8) is 0 Å². The van der Waals surface area contributed by atoms with Crippen molar-refractivity contribution in [2.45, 2.75) is 0 Å². The van der Waals surface area contributed by atoms with Gasteiger partial charge in [-0.1, -0.05) is 188 Å². The highest BCUT2D eigenvalue weighted by Gasteiger charge is 2.21. The van der Waals surface area contributed by atoms with Gasteiger partial charge in [0.2, 0.25) is 0 Å². The van der Waals surface area contributed by atoms with Crippen LogP contribution in [-0.4, -0.2) is 29.0 Å². The Morgan fingerprint density at radius 1 is 0.328 bits per heavy atom. The maximum absolute atomic E-state index is 5.32. The van der Waals surface area contributed by atoms with Gasteiger partial charge >= 0.3 is 0 Å². The fraction of sp³-hybridized carbons (Fsp3) is 0. The van der Waals surface area contributed by atoms with Crippen LogP contribution in [-0.2, 0) is 0 Å². The molecule has 0 bridgehead atoms. The third-order valence-corrected chi connectivity index (χ3v) is 10.8. The highest BCUT2D eigenvalue weighted by molar-refractivity contribution is 6.06. The normalized spacial score (nSPS) is 11.4. The summed E-state index contributed by atoms with van der Waals surface area (Å²) in [6.07, 6.45) is 2.06. The van der Waals surface area contributed by atoms with Crippen LogP contribution in [0.15, 0.2) is 206 Å². The van der Waals surface area contributed by atoms with Crippen molar-refractivity contribution in [3.05, 3.63) is 206 Å². The highest BCUT2D eigenvalue weighted by atomic mass is 15.3. The van der Waals surface area contributed by atoms with Gasteiger partial charge in [0, 0.05) is 44.8 Å². The third-order valence-electron chi connectivity index (χ3n) is 10.8. The summed E-state index contributed by atoms with van der Waals surface area (Å²) in [5, 5.41) is 7.22. The molecule has 0 fully saturated rings. The monoisotopic (exact) mass is 742 g/mol. The zero-order chi connectivity index (χ0) is 38.4. The lowest BCUT2D eigenvalue weighted by atomic mass is 10.0. The number of aromatic nitrogens is 6. The van der Waals surface area contributed by atoms with Gasteiger partial charge in [0.25, 0.3) is 0 Å². The molecule has 11 aromatic rings. The summed E-state index contributed by atoms with van der Waals surface area (Å²) in [4.78, 5) is 15.7. The van der Waals surface area contributed by atoms with Gasteiger partial charge in [-0.15, -0.1) is 5.10 Å². The van der Waals surface area contributed by atoms with E-state index >= 15 is 0 Å². The second kappa shape index (κ2) is 14.0. The van der Waals surface area contributed by atoms with Gasteiger partial charge in [0.05, 0.1) is 5.69 Å². The first kappa shape index (κ1) is 33.4. The molecular weight excluding hydrogens is 709 g/mol. The van der Waals surface area contributed by atoms with Crippen molar-refractivity contribution >= 4 is 22.1 Å². The molecule has 4 heterocycles. The smallest absolute Gasteiger partial charge is 0.182 e. The van der Waals surface area contributed by atoms with Crippen LogP contribution in [0.4, 0.5) is 0 Å². The average molecular weight is 743 g/mol. The Bertz CT molecular complexity index is 3240. The Morgan fingerprint density at radius 3 is 1.57 bits per heavy atom. The van der Waals surface area contributed by atoms with Crippen LogP contribution < -0.4 is 0 Å². The molecule has 4 aromatic heterocycles. The van der Waals surface area contributed by atoms with Crippen molar-refractivity contribution in [2.75, 3.05) is 0 Å². The Kier molecular flexibility index (Phi) is 8.04. The Balaban J connectivity index is 0.994. The number of hydrogen-bond acceptors (Lipinski definition) is 4. The van der Waals surface area contributed by atoms with E-state index in [1.54, 1.807) is 0 Å². The molecule has 0 amide bonds. The van der Waals surface area contributed by atoms with Crippen LogP contribution in [0, 0.1) is 0 Å². The number of rotatable bonds is 7. The molecule has 0 radical (unpaired) electrons. The summed E-state index contributed by atoms with van der Waals surface area (Å²) in [5.74, 6) is 2.19. The first-order valence-electron chi connectivity index (χ1n) is 19.4. The molecule has 0 aliphatic rings. The van der Waals surface area contributed by atoms with Gasteiger partial charge in [-0.05, 0) is 39.9 Å². The van der Waals surface area contributed by atoms with Gasteiger partial charge in [0.15, 0.2) is 17.3 Å². The van der Waals surface area contributed by atoms with Crippen molar-refractivity contribution in [3.8, 4) is 78.8 Å². The second-order valence-electron chi connectivity index (χ2n) is 14.4.